The molecule has 3 heteroatoms. The van der Waals surface area contributed by atoms with Gasteiger partial charge in [0, 0.05) is 10.0 Å². The van der Waals surface area contributed by atoms with E-state index in [-0.39, 0.29) is 6.10 Å². The van der Waals surface area contributed by atoms with Gasteiger partial charge in [-0.1, -0.05) is 22.9 Å². The number of ether oxygens (including phenoxy) is 1. The molecule has 0 N–H and O–H groups in total. The van der Waals surface area contributed by atoms with E-state index >= 15 is 0 Å². The van der Waals surface area contributed by atoms with Crippen LogP contribution in [-0.2, 0) is 5.88 Å². The van der Waals surface area contributed by atoms with Gasteiger partial charge in [-0.3, -0.25) is 0 Å². The highest BCUT2D eigenvalue weighted by molar-refractivity contribution is 9.10. The van der Waals surface area contributed by atoms with Crippen LogP contribution in [0.3, 0.4) is 0 Å². The first-order valence-corrected chi connectivity index (χ1v) is 6.01. The zero-order valence-corrected chi connectivity index (χ0v) is 10.7. The van der Waals surface area contributed by atoms with Gasteiger partial charge in [-0.15, -0.1) is 11.6 Å². The van der Waals surface area contributed by atoms with Gasteiger partial charge in [-0.05, 0) is 31.5 Å². The lowest BCUT2D eigenvalue weighted by Crippen LogP contribution is -2.10. The Kier molecular flexibility index (Phi) is 4.76. The van der Waals surface area contributed by atoms with E-state index in [1.165, 1.54) is 0 Å². The Morgan fingerprint density at radius 3 is 2.79 bits per heavy atom. The van der Waals surface area contributed by atoms with E-state index in [2.05, 4.69) is 29.8 Å². The summed E-state index contributed by atoms with van der Waals surface area (Å²) in [4.78, 5) is 0. The third-order valence-electron chi connectivity index (χ3n) is 2.07. The van der Waals surface area contributed by atoms with Gasteiger partial charge in [0.15, 0.2) is 0 Å². The monoisotopic (exact) mass is 276 g/mol. The molecule has 0 heterocycles. The molecule has 0 aliphatic heterocycles. The summed E-state index contributed by atoms with van der Waals surface area (Å²) in [6, 6.07) is 5.91. The summed E-state index contributed by atoms with van der Waals surface area (Å²) in [5.74, 6) is 1.36. The second-order valence-corrected chi connectivity index (χ2v) is 4.41. The largest absolute Gasteiger partial charge is 0.490 e. The van der Waals surface area contributed by atoms with Crippen molar-refractivity contribution in [1.29, 1.82) is 0 Å². The fourth-order valence-corrected chi connectivity index (χ4v) is 1.68. The first-order valence-electron chi connectivity index (χ1n) is 4.68. The maximum Gasteiger partial charge on any atom is 0.124 e. The van der Waals surface area contributed by atoms with Crippen LogP contribution in [0, 0.1) is 0 Å². The van der Waals surface area contributed by atoms with Crippen LogP contribution in [0.5, 0.6) is 5.75 Å². The van der Waals surface area contributed by atoms with Crippen LogP contribution in [0.2, 0.25) is 0 Å². The fourth-order valence-electron chi connectivity index (χ4n) is 1.07. The van der Waals surface area contributed by atoms with Gasteiger partial charge >= 0.3 is 0 Å². The molecular weight excluding hydrogens is 263 g/mol. The molecule has 0 saturated carbocycles. The maximum atomic E-state index is 5.83. The van der Waals surface area contributed by atoms with Crippen molar-refractivity contribution in [3.63, 3.8) is 0 Å². The van der Waals surface area contributed by atoms with Crippen molar-refractivity contribution in [3.05, 3.63) is 28.2 Å². The van der Waals surface area contributed by atoms with E-state index in [0.29, 0.717) is 5.88 Å². The highest BCUT2D eigenvalue weighted by Crippen LogP contribution is 2.25. The first-order chi connectivity index (χ1) is 6.67. The van der Waals surface area contributed by atoms with E-state index in [9.17, 15) is 0 Å². The van der Waals surface area contributed by atoms with Crippen molar-refractivity contribution in [3.8, 4) is 5.75 Å². The second-order valence-electron chi connectivity index (χ2n) is 3.22. The Morgan fingerprint density at radius 1 is 1.50 bits per heavy atom. The average Bonchev–Trinajstić information content (AvgIpc) is 2.20. The zero-order valence-electron chi connectivity index (χ0n) is 8.39. The molecule has 0 saturated heterocycles. The van der Waals surface area contributed by atoms with Crippen LogP contribution < -0.4 is 4.74 Å². The third-order valence-corrected chi connectivity index (χ3v) is 2.85. The van der Waals surface area contributed by atoms with Crippen molar-refractivity contribution in [2.75, 3.05) is 0 Å². The van der Waals surface area contributed by atoms with E-state index < -0.39 is 0 Å². The molecule has 1 rings (SSSR count). The standard InChI is InChI=1S/C11H14BrClO/c1-3-8(2)14-11-5-4-10(12)6-9(11)7-13/h4-6,8H,3,7H2,1-2H3. The molecule has 1 unspecified atom stereocenters. The van der Waals surface area contributed by atoms with E-state index in [0.717, 1.165) is 22.2 Å². The summed E-state index contributed by atoms with van der Waals surface area (Å²) in [6.07, 6.45) is 1.23. The predicted molar refractivity (Wildman–Crippen MR) is 64.1 cm³/mol. The summed E-state index contributed by atoms with van der Waals surface area (Å²) in [6.45, 7) is 4.16. The lowest BCUT2D eigenvalue weighted by Gasteiger charge is -2.15. The fraction of sp³-hybridized carbons (Fsp3) is 0.455. The Hall–Kier alpha value is -0.210. The van der Waals surface area contributed by atoms with Gasteiger partial charge in [0.2, 0.25) is 0 Å². The zero-order chi connectivity index (χ0) is 10.6. The van der Waals surface area contributed by atoms with Gasteiger partial charge in [0.25, 0.3) is 0 Å². The Balaban J connectivity index is 2.85. The van der Waals surface area contributed by atoms with Crippen molar-refractivity contribution in [2.45, 2.75) is 32.3 Å². The minimum atomic E-state index is 0.234. The Morgan fingerprint density at radius 2 is 2.21 bits per heavy atom. The van der Waals surface area contributed by atoms with Crippen LogP contribution in [0.15, 0.2) is 22.7 Å². The highest BCUT2D eigenvalue weighted by atomic mass is 79.9. The van der Waals surface area contributed by atoms with Gasteiger partial charge in [-0.2, -0.15) is 0 Å². The van der Waals surface area contributed by atoms with Gasteiger partial charge in [-0.25, -0.2) is 0 Å². The summed E-state index contributed by atoms with van der Waals surface area (Å²) < 4.78 is 6.77. The molecule has 0 bridgehead atoms. The first kappa shape index (κ1) is 11.9. The quantitative estimate of drug-likeness (QED) is 0.743. The number of alkyl halides is 1. The smallest absolute Gasteiger partial charge is 0.124 e. The lowest BCUT2D eigenvalue weighted by atomic mass is 10.2. The van der Waals surface area contributed by atoms with Crippen LogP contribution in [0.25, 0.3) is 0 Å². The number of benzene rings is 1. The molecule has 0 aromatic heterocycles. The summed E-state index contributed by atoms with van der Waals surface area (Å²) in [5.41, 5.74) is 1.03. The average molecular weight is 278 g/mol. The predicted octanol–water partition coefficient (Wildman–Crippen LogP) is 4.37. The minimum absolute atomic E-state index is 0.234. The van der Waals surface area contributed by atoms with E-state index in [1.54, 1.807) is 0 Å². The molecule has 1 nitrogen and oxygen atoms in total. The highest BCUT2D eigenvalue weighted by Gasteiger charge is 2.06. The van der Waals surface area contributed by atoms with Gasteiger partial charge in [0.05, 0.1) is 12.0 Å². The van der Waals surface area contributed by atoms with Crippen molar-refractivity contribution in [2.24, 2.45) is 0 Å². The second kappa shape index (κ2) is 5.62. The van der Waals surface area contributed by atoms with E-state index in [4.69, 9.17) is 16.3 Å². The molecule has 0 amide bonds. The molecule has 0 aliphatic rings. The number of halogens is 2. The molecule has 0 fully saturated rings. The van der Waals surface area contributed by atoms with Crippen LogP contribution in [0.1, 0.15) is 25.8 Å². The normalized spacial score (nSPS) is 12.6. The van der Waals surface area contributed by atoms with Crippen molar-refractivity contribution < 1.29 is 4.74 Å². The van der Waals surface area contributed by atoms with Crippen molar-refractivity contribution in [1.82, 2.24) is 0 Å². The summed E-state index contributed by atoms with van der Waals surface area (Å²) >= 11 is 9.24. The van der Waals surface area contributed by atoms with Crippen LogP contribution in [-0.4, -0.2) is 6.10 Å². The molecule has 0 radical (unpaired) electrons. The van der Waals surface area contributed by atoms with E-state index in [1.807, 2.05) is 18.2 Å². The van der Waals surface area contributed by atoms with Crippen LogP contribution >= 0.6 is 27.5 Å². The Labute approximate surface area is 98.5 Å². The van der Waals surface area contributed by atoms with Crippen LogP contribution in [0.4, 0.5) is 0 Å². The summed E-state index contributed by atoms with van der Waals surface area (Å²) in [7, 11) is 0. The number of hydrogen-bond acceptors (Lipinski definition) is 1. The molecule has 1 aromatic carbocycles. The molecule has 14 heavy (non-hydrogen) atoms. The number of hydrogen-bond donors (Lipinski definition) is 0. The molecule has 0 spiro atoms. The molecule has 1 aromatic rings. The number of rotatable bonds is 4. The van der Waals surface area contributed by atoms with Crippen molar-refractivity contribution >= 4 is 27.5 Å². The topological polar surface area (TPSA) is 9.23 Å². The molecule has 78 valence electrons. The minimum Gasteiger partial charge on any atom is -0.490 e. The molecule has 0 aliphatic carbocycles. The molecular formula is C11H14BrClO. The van der Waals surface area contributed by atoms with Gasteiger partial charge in [0.1, 0.15) is 5.75 Å². The SMILES string of the molecule is CCC(C)Oc1ccc(Br)cc1CCl. The Bertz CT molecular complexity index is 301. The van der Waals surface area contributed by atoms with Gasteiger partial charge < -0.3 is 4.74 Å². The maximum absolute atomic E-state index is 5.83. The summed E-state index contributed by atoms with van der Waals surface area (Å²) in [5, 5.41) is 0. The molecule has 1 atom stereocenters. The third kappa shape index (κ3) is 3.18. The lowest BCUT2D eigenvalue weighted by molar-refractivity contribution is 0.216.